The number of carbonyl (C=O) groups is 1. The maximum absolute atomic E-state index is 12.4. The normalized spacial score (nSPS) is 14.7. The van der Waals surface area contributed by atoms with Crippen molar-refractivity contribution in [2.45, 2.75) is 23.8 Å². The molecule has 0 spiro atoms. The third kappa shape index (κ3) is 3.80. The van der Waals surface area contributed by atoms with Crippen molar-refractivity contribution >= 4 is 37.7 Å². The first-order valence-corrected chi connectivity index (χ1v) is 9.26. The number of carbonyl (C=O) groups excluding carboxylic acids is 1. The van der Waals surface area contributed by atoms with Crippen molar-refractivity contribution in [1.29, 1.82) is 0 Å². The fraction of sp³-hybridized carbons (Fsp3) is 0.286. The summed E-state index contributed by atoms with van der Waals surface area (Å²) in [6.07, 6.45) is 3.40. The van der Waals surface area contributed by atoms with Gasteiger partial charge in [0.1, 0.15) is 0 Å². The molecule has 1 aromatic carbocycles. The van der Waals surface area contributed by atoms with Crippen LogP contribution in [0.2, 0.25) is 0 Å². The van der Waals surface area contributed by atoms with Gasteiger partial charge in [-0.15, -0.1) is 0 Å². The van der Waals surface area contributed by atoms with E-state index in [4.69, 9.17) is 0 Å². The maximum atomic E-state index is 12.4. The fourth-order valence-electron chi connectivity index (χ4n) is 2.00. The van der Waals surface area contributed by atoms with Crippen molar-refractivity contribution in [3.8, 4) is 0 Å². The molecular formula is C14H15BrN4O3S. The molecular weight excluding hydrogens is 384 g/mol. The molecule has 0 aliphatic heterocycles. The zero-order valence-electron chi connectivity index (χ0n) is 12.3. The molecule has 0 radical (unpaired) electrons. The largest absolute Gasteiger partial charge is 0.305 e. The summed E-state index contributed by atoms with van der Waals surface area (Å²) in [5.74, 6) is -0.0344. The molecule has 1 saturated carbocycles. The monoisotopic (exact) mass is 398 g/mol. The van der Waals surface area contributed by atoms with Crippen LogP contribution in [0.3, 0.4) is 0 Å². The number of anilines is 1. The molecule has 1 aromatic heterocycles. The number of aryl methyl sites for hydroxylation is 1. The summed E-state index contributed by atoms with van der Waals surface area (Å²) < 4.78 is 29.2. The lowest BCUT2D eigenvalue weighted by molar-refractivity contribution is 0.102. The first kappa shape index (κ1) is 16.2. The Kier molecular flexibility index (Phi) is 4.26. The number of hydrogen-bond acceptors (Lipinski definition) is 4. The summed E-state index contributed by atoms with van der Waals surface area (Å²) in [7, 11) is -1.87. The zero-order chi connectivity index (χ0) is 16.6. The first-order valence-electron chi connectivity index (χ1n) is 6.98. The number of benzene rings is 1. The summed E-state index contributed by atoms with van der Waals surface area (Å²) in [5, 5.41) is 6.70. The van der Waals surface area contributed by atoms with Gasteiger partial charge < -0.3 is 5.32 Å². The van der Waals surface area contributed by atoms with Crippen molar-refractivity contribution in [2.24, 2.45) is 7.05 Å². The number of nitrogens with zero attached hydrogens (tertiary/aromatic N) is 2. The van der Waals surface area contributed by atoms with E-state index >= 15 is 0 Å². The minimum atomic E-state index is -3.61. The molecule has 1 aliphatic rings. The van der Waals surface area contributed by atoms with E-state index in [0.717, 1.165) is 12.8 Å². The second kappa shape index (κ2) is 6.06. The van der Waals surface area contributed by atoms with Crippen molar-refractivity contribution in [3.63, 3.8) is 0 Å². The Morgan fingerprint density at radius 3 is 2.70 bits per heavy atom. The van der Waals surface area contributed by atoms with Gasteiger partial charge in [0.2, 0.25) is 10.0 Å². The van der Waals surface area contributed by atoms with Crippen LogP contribution in [0.25, 0.3) is 0 Å². The van der Waals surface area contributed by atoms with Gasteiger partial charge in [-0.25, -0.2) is 13.1 Å². The quantitative estimate of drug-likeness (QED) is 0.803. The van der Waals surface area contributed by atoms with Gasteiger partial charge >= 0.3 is 0 Å². The molecule has 2 aromatic rings. The minimum Gasteiger partial charge on any atom is -0.305 e. The number of amides is 1. The SMILES string of the molecule is Cn1ccc(NC(=O)c2cc(S(=O)(=O)NC3CC3)ccc2Br)n1. The molecule has 1 aliphatic carbocycles. The second-order valence-corrected chi connectivity index (χ2v) is 7.93. The predicted molar refractivity (Wildman–Crippen MR) is 88.6 cm³/mol. The maximum Gasteiger partial charge on any atom is 0.258 e. The molecule has 1 fully saturated rings. The van der Waals surface area contributed by atoms with Crippen LogP contribution in [-0.4, -0.2) is 30.1 Å². The highest BCUT2D eigenvalue weighted by Crippen LogP contribution is 2.25. The van der Waals surface area contributed by atoms with Crippen LogP contribution < -0.4 is 10.0 Å². The van der Waals surface area contributed by atoms with Gasteiger partial charge in [-0.3, -0.25) is 9.48 Å². The molecule has 3 rings (SSSR count). The number of rotatable bonds is 5. The van der Waals surface area contributed by atoms with Crippen molar-refractivity contribution in [3.05, 3.63) is 40.5 Å². The van der Waals surface area contributed by atoms with E-state index in [1.165, 1.54) is 12.1 Å². The standard InChI is InChI=1S/C14H15BrN4O3S/c1-19-7-6-13(17-19)16-14(20)11-8-10(4-5-12(11)15)23(21,22)18-9-2-3-9/h4-9,18H,2-3H2,1H3,(H,16,17,20). The molecule has 23 heavy (non-hydrogen) atoms. The Hall–Kier alpha value is -1.71. The molecule has 1 amide bonds. The van der Waals surface area contributed by atoms with Crippen LogP contribution in [0.15, 0.2) is 39.8 Å². The molecule has 2 N–H and O–H groups in total. The number of sulfonamides is 1. The van der Waals surface area contributed by atoms with Gasteiger partial charge in [-0.1, -0.05) is 0 Å². The summed E-state index contributed by atoms with van der Waals surface area (Å²) >= 11 is 3.28. The molecule has 1 heterocycles. The van der Waals surface area contributed by atoms with E-state index in [2.05, 4.69) is 31.1 Å². The molecule has 9 heteroatoms. The van der Waals surface area contributed by atoms with Gasteiger partial charge in [0.05, 0.1) is 10.5 Å². The second-order valence-electron chi connectivity index (χ2n) is 5.37. The van der Waals surface area contributed by atoms with Crippen molar-refractivity contribution in [1.82, 2.24) is 14.5 Å². The third-order valence-corrected chi connectivity index (χ3v) is 5.56. The van der Waals surface area contributed by atoms with Crippen LogP contribution in [0.1, 0.15) is 23.2 Å². The summed E-state index contributed by atoms with van der Waals surface area (Å²) in [6, 6.07) is 6.03. The van der Waals surface area contributed by atoms with Gasteiger partial charge in [-0.05, 0) is 47.0 Å². The molecule has 7 nitrogen and oxygen atoms in total. The number of halogens is 1. The van der Waals surface area contributed by atoms with E-state index in [9.17, 15) is 13.2 Å². The zero-order valence-corrected chi connectivity index (χ0v) is 14.7. The van der Waals surface area contributed by atoms with Gasteiger partial charge in [0, 0.05) is 29.8 Å². The topological polar surface area (TPSA) is 93.1 Å². The molecule has 0 unspecified atom stereocenters. The summed E-state index contributed by atoms with van der Waals surface area (Å²) in [6.45, 7) is 0. The highest BCUT2D eigenvalue weighted by Gasteiger charge is 2.28. The van der Waals surface area contributed by atoms with Crippen LogP contribution in [0.5, 0.6) is 0 Å². The Morgan fingerprint density at radius 2 is 2.09 bits per heavy atom. The van der Waals surface area contributed by atoms with Gasteiger partial charge in [0.15, 0.2) is 5.82 Å². The van der Waals surface area contributed by atoms with E-state index in [-0.39, 0.29) is 16.5 Å². The van der Waals surface area contributed by atoms with Crippen LogP contribution >= 0.6 is 15.9 Å². The minimum absolute atomic E-state index is 0.00874. The average Bonchev–Trinajstić information content (AvgIpc) is 3.19. The number of aromatic nitrogens is 2. The Morgan fingerprint density at radius 1 is 1.35 bits per heavy atom. The molecule has 122 valence electrons. The third-order valence-electron chi connectivity index (χ3n) is 3.35. The van der Waals surface area contributed by atoms with Crippen molar-refractivity contribution in [2.75, 3.05) is 5.32 Å². The van der Waals surface area contributed by atoms with Gasteiger partial charge in [-0.2, -0.15) is 5.10 Å². The highest BCUT2D eigenvalue weighted by atomic mass is 79.9. The van der Waals surface area contributed by atoms with Crippen LogP contribution in [-0.2, 0) is 17.1 Å². The molecule has 0 saturated heterocycles. The number of nitrogens with one attached hydrogen (secondary N) is 2. The predicted octanol–water partition coefficient (Wildman–Crippen LogP) is 1.88. The first-order chi connectivity index (χ1) is 10.8. The Balaban J connectivity index is 1.86. The number of hydrogen-bond donors (Lipinski definition) is 2. The fourth-order valence-corrected chi connectivity index (χ4v) is 3.76. The van der Waals surface area contributed by atoms with Crippen LogP contribution in [0.4, 0.5) is 5.82 Å². The van der Waals surface area contributed by atoms with Crippen molar-refractivity contribution < 1.29 is 13.2 Å². The summed E-state index contributed by atoms with van der Waals surface area (Å²) in [4.78, 5) is 12.4. The van der Waals surface area contributed by atoms with Gasteiger partial charge in [0.25, 0.3) is 5.91 Å². The lowest BCUT2D eigenvalue weighted by Crippen LogP contribution is -2.26. The Bertz CT molecular complexity index is 859. The average molecular weight is 399 g/mol. The van der Waals surface area contributed by atoms with E-state index in [1.807, 2.05) is 0 Å². The van der Waals surface area contributed by atoms with E-state index < -0.39 is 15.9 Å². The molecule has 0 bridgehead atoms. The Labute approximate surface area is 142 Å². The summed E-state index contributed by atoms with van der Waals surface area (Å²) in [5.41, 5.74) is 0.231. The highest BCUT2D eigenvalue weighted by molar-refractivity contribution is 9.10. The van der Waals surface area contributed by atoms with E-state index in [0.29, 0.717) is 10.3 Å². The lowest BCUT2D eigenvalue weighted by atomic mass is 10.2. The van der Waals surface area contributed by atoms with Crippen LogP contribution in [0, 0.1) is 0 Å². The smallest absolute Gasteiger partial charge is 0.258 e. The molecule has 0 atom stereocenters. The lowest BCUT2D eigenvalue weighted by Gasteiger charge is -2.09. The van der Waals surface area contributed by atoms with E-state index in [1.54, 1.807) is 30.1 Å².